The van der Waals surface area contributed by atoms with E-state index in [-0.39, 0.29) is 11.8 Å². The minimum atomic E-state index is -0.364. The van der Waals surface area contributed by atoms with Crippen LogP contribution in [0.15, 0.2) is 48.0 Å². The summed E-state index contributed by atoms with van der Waals surface area (Å²) in [7, 11) is 2.12. The molecule has 5 heterocycles. The number of pyridine rings is 1. The topological polar surface area (TPSA) is 81.3 Å². The van der Waals surface area contributed by atoms with E-state index < -0.39 is 0 Å². The van der Waals surface area contributed by atoms with Gasteiger partial charge in [0.05, 0.1) is 26.9 Å². The number of rotatable bonds is 3. The SMILES string of the molecule is CN1CCN(c2cc(C3=C(c4c[nH]c5ccsc45)C(=O)NC3=O)c3ccccc3n2)CC1. The smallest absolute Gasteiger partial charge is 0.259 e. The van der Waals surface area contributed by atoms with Crippen molar-refractivity contribution in [2.24, 2.45) is 0 Å². The zero-order chi connectivity index (χ0) is 21.8. The van der Waals surface area contributed by atoms with Crippen molar-refractivity contribution in [1.29, 1.82) is 0 Å². The second-order valence-electron chi connectivity index (χ2n) is 8.23. The van der Waals surface area contributed by atoms with Crippen molar-refractivity contribution in [3.05, 3.63) is 59.1 Å². The number of carbonyl (C=O) groups excluding carboxylic acids is 2. The zero-order valence-electron chi connectivity index (χ0n) is 17.5. The molecule has 1 aromatic carbocycles. The minimum Gasteiger partial charge on any atom is -0.360 e. The largest absolute Gasteiger partial charge is 0.360 e. The molecule has 32 heavy (non-hydrogen) atoms. The van der Waals surface area contributed by atoms with Crippen molar-refractivity contribution in [1.82, 2.24) is 20.2 Å². The highest BCUT2D eigenvalue weighted by Gasteiger charge is 2.35. The molecule has 7 nitrogen and oxygen atoms in total. The Hall–Kier alpha value is -3.49. The molecule has 0 spiro atoms. The molecule has 0 unspecified atom stereocenters. The number of amides is 2. The number of benzene rings is 1. The van der Waals surface area contributed by atoms with E-state index in [2.05, 4.69) is 27.1 Å². The second kappa shape index (κ2) is 7.29. The molecule has 1 saturated heterocycles. The van der Waals surface area contributed by atoms with Crippen LogP contribution in [0, 0.1) is 0 Å². The number of imide groups is 1. The van der Waals surface area contributed by atoms with Crippen LogP contribution in [-0.2, 0) is 9.59 Å². The van der Waals surface area contributed by atoms with E-state index in [1.807, 2.05) is 48.0 Å². The third kappa shape index (κ3) is 2.95. The first-order valence-electron chi connectivity index (χ1n) is 10.6. The maximum atomic E-state index is 13.1. The van der Waals surface area contributed by atoms with Crippen LogP contribution in [0.25, 0.3) is 32.3 Å². The Morgan fingerprint density at radius 1 is 0.969 bits per heavy atom. The lowest BCUT2D eigenvalue weighted by molar-refractivity contribution is -0.122. The lowest BCUT2D eigenvalue weighted by Crippen LogP contribution is -2.44. The van der Waals surface area contributed by atoms with E-state index in [9.17, 15) is 9.59 Å². The first-order valence-corrected chi connectivity index (χ1v) is 11.5. The van der Waals surface area contributed by atoms with Crippen LogP contribution in [-0.4, -0.2) is 59.9 Å². The molecule has 2 amide bonds. The fourth-order valence-corrected chi connectivity index (χ4v) is 5.45. The van der Waals surface area contributed by atoms with Gasteiger partial charge in [0.2, 0.25) is 0 Å². The Balaban J connectivity index is 1.60. The number of H-pyrrole nitrogens is 1. The molecule has 0 radical (unpaired) electrons. The third-order valence-corrected chi connectivity index (χ3v) is 7.23. The summed E-state index contributed by atoms with van der Waals surface area (Å²) >= 11 is 1.56. The van der Waals surface area contributed by atoms with Crippen molar-refractivity contribution >= 4 is 61.2 Å². The van der Waals surface area contributed by atoms with Gasteiger partial charge in [-0.15, -0.1) is 11.3 Å². The average molecular weight is 444 g/mol. The van der Waals surface area contributed by atoms with Gasteiger partial charge in [-0.05, 0) is 30.6 Å². The van der Waals surface area contributed by atoms with Crippen molar-refractivity contribution in [3.63, 3.8) is 0 Å². The number of nitrogens with zero attached hydrogens (tertiary/aromatic N) is 3. The van der Waals surface area contributed by atoms with Gasteiger partial charge in [-0.2, -0.15) is 0 Å². The Morgan fingerprint density at radius 3 is 2.53 bits per heavy atom. The molecule has 8 heteroatoms. The first-order chi connectivity index (χ1) is 15.6. The fraction of sp³-hybridized carbons (Fsp3) is 0.208. The second-order valence-corrected chi connectivity index (χ2v) is 9.15. The molecular formula is C24H21N5O2S. The summed E-state index contributed by atoms with van der Waals surface area (Å²) in [5.41, 5.74) is 4.11. The number of piperazine rings is 1. The summed E-state index contributed by atoms with van der Waals surface area (Å²) in [4.78, 5) is 38.7. The normalized spacial score (nSPS) is 17.7. The number of hydrogen-bond donors (Lipinski definition) is 2. The average Bonchev–Trinajstić information content (AvgIpc) is 3.48. The molecule has 2 N–H and O–H groups in total. The van der Waals surface area contributed by atoms with Gasteiger partial charge in [0.15, 0.2) is 0 Å². The number of para-hydroxylation sites is 1. The van der Waals surface area contributed by atoms with Crippen LogP contribution in [0.5, 0.6) is 0 Å². The van der Waals surface area contributed by atoms with Crippen LogP contribution in [0.2, 0.25) is 0 Å². The Labute approximate surface area is 188 Å². The van der Waals surface area contributed by atoms with Gasteiger partial charge in [-0.3, -0.25) is 14.9 Å². The number of aromatic nitrogens is 2. The summed E-state index contributed by atoms with van der Waals surface area (Å²) in [5.74, 6) is 0.110. The molecule has 2 aliphatic rings. The molecular weight excluding hydrogens is 422 g/mol. The lowest BCUT2D eigenvalue weighted by Gasteiger charge is -2.33. The van der Waals surface area contributed by atoms with E-state index in [1.54, 1.807) is 11.3 Å². The zero-order valence-corrected chi connectivity index (χ0v) is 18.3. The maximum Gasteiger partial charge on any atom is 0.259 e. The van der Waals surface area contributed by atoms with Crippen molar-refractivity contribution in [2.75, 3.05) is 38.1 Å². The molecule has 4 aromatic rings. The number of aromatic amines is 1. The quantitative estimate of drug-likeness (QED) is 0.476. The molecule has 0 atom stereocenters. The number of thiophene rings is 1. The standard InChI is InChI=1S/C24H21N5O2S/c1-28-7-9-29(10-8-28)19-12-15(14-4-2-3-5-17(14)26-19)20-21(24(31)27-23(20)30)16-13-25-18-6-11-32-22(16)18/h2-6,11-13,25H,7-10H2,1H3,(H,27,30,31). The van der Waals surface area contributed by atoms with Gasteiger partial charge in [-0.25, -0.2) is 4.98 Å². The summed E-state index contributed by atoms with van der Waals surface area (Å²) in [6.07, 6.45) is 1.82. The predicted molar refractivity (Wildman–Crippen MR) is 128 cm³/mol. The van der Waals surface area contributed by atoms with Crippen molar-refractivity contribution in [3.8, 4) is 0 Å². The number of nitrogens with one attached hydrogen (secondary N) is 2. The van der Waals surface area contributed by atoms with Crippen LogP contribution >= 0.6 is 11.3 Å². The van der Waals surface area contributed by atoms with Gasteiger partial charge < -0.3 is 14.8 Å². The van der Waals surface area contributed by atoms with Gasteiger partial charge in [0, 0.05) is 48.9 Å². The van der Waals surface area contributed by atoms with Crippen molar-refractivity contribution < 1.29 is 9.59 Å². The number of hydrogen-bond acceptors (Lipinski definition) is 6. The van der Waals surface area contributed by atoms with Gasteiger partial charge in [-0.1, -0.05) is 18.2 Å². The summed E-state index contributed by atoms with van der Waals surface area (Å²) in [6, 6.07) is 11.8. The predicted octanol–water partition coefficient (Wildman–Crippen LogP) is 3.10. The minimum absolute atomic E-state index is 0.360. The van der Waals surface area contributed by atoms with E-state index in [1.165, 1.54) is 0 Å². The summed E-state index contributed by atoms with van der Waals surface area (Å²) in [6.45, 7) is 3.64. The van der Waals surface area contributed by atoms with E-state index in [0.29, 0.717) is 11.1 Å². The Kier molecular flexibility index (Phi) is 4.38. The van der Waals surface area contributed by atoms with Gasteiger partial charge in [0.25, 0.3) is 11.8 Å². The number of likely N-dealkylation sites (N-methyl/N-ethyl adjacent to an activating group) is 1. The lowest BCUT2D eigenvalue weighted by atomic mass is 9.95. The number of anilines is 1. The molecule has 3 aromatic heterocycles. The Morgan fingerprint density at radius 2 is 1.72 bits per heavy atom. The van der Waals surface area contributed by atoms with E-state index >= 15 is 0 Å². The molecule has 0 bridgehead atoms. The number of carbonyl (C=O) groups is 2. The van der Waals surface area contributed by atoms with Crippen LogP contribution in [0.3, 0.4) is 0 Å². The molecule has 1 fully saturated rings. The monoisotopic (exact) mass is 443 g/mol. The molecule has 0 aliphatic carbocycles. The molecule has 6 rings (SSSR count). The molecule has 0 saturated carbocycles. The Bertz CT molecular complexity index is 1420. The van der Waals surface area contributed by atoms with E-state index in [0.717, 1.165) is 64.2 Å². The highest BCUT2D eigenvalue weighted by Crippen LogP contribution is 2.39. The summed E-state index contributed by atoms with van der Waals surface area (Å²) < 4.78 is 0.972. The van der Waals surface area contributed by atoms with Crippen LogP contribution in [0.1, 0.15) is 11.1 Å². The van der Waals surface area contributed by atoms with Crippen LogP contribution < -0.4 is 10.2 Å². The van der Waals surface area contributed by atoms with Crippen LogP contribution in [0.4, 0.5) is 5.82 Å². The molecule has 160 valence electrons. The highest BCUT2D eigenvalue weighted by atomic mass is 32.1. The fourth-order valence-electron chi connectivity index (χ4n) is 4.57. The summed E-state index contributed by atoms with van der Waals surface area (Å²) in [5, 5.41) is 5.37. The van der Waals surface area contributed by atoms with Crippen molar-refractivity contribution in [2.45, 2.75) is 0 Å². The van der Waals surface area contributed by atoms with Gasteiger partial charge >= 0.3 is 0 Å². The van der Waals surface area contributed by atoms with Gasteiger partial charge in [0.1, 0.15) is 5.82 Å². The van der Waals surface area contributed by atoms with E-state index in [4.69, 9.17) is 4.98 Å². The number of fused-ring (bicyclic) bond motifs is 2. The maximum absolute atomic E-state index is 13.1. The first kappa shape index (κ1) is 19.2. The highest BCUT2D eigenvalue weighted by molar-refractivity contribution is 7.17. The third-order valence-electron chi connectivity index (χ3n) is 6.28. The molecule has 2 aliphatic heterocycles.